The van der Waals surface area contributed by atoms with E-state index in [0.29, 0.717) is 11.6 Å². The third-order valence-corrected chi connectivity index (χ3v) is 2.66. The van der Waals surface area contributed by atoms with Crippen molar-refractivity contribution in [1.82, 2.24) is 0 Å². The summed E-state index contributed by atoms with van der Waals surface area (Å²) in [5.74, 6) is 0.799. The quantitative estimate of drug-likeness (QED) is 0.766. The zero-order valence-corrected chi connectivity index (χ0v) is 10.2. The summed E-state index contributed by atoms with van der Waals surface area (Å²) in [6, 6.07) is 15.6. The number of hydrogen-bond donors (Lipinski definition) is 0. The van der Waals surface area contributed by atoms with Crippen LogP contribution in [-0.4, -0.2) is 0 Å². The highest BCUT2D eigenvalue weighted by atomic mass is 35.5. The fraction of sp³-hybridized carbons (Fsp3) is 0.0667. The topological polar surface area (TPSA) is 9.23 Å². The van der Waals surface area contributed by atoms with Crippen LogP contribution in [0.2, 0.25) is 5.02 Å². The zero-order valence-electron chi connectivity index (χ0n) is 9.40. The minimum atomic E-state index is 0.545. The SMILES string of the molecule is C=Cc1cc(Cl)ccc1OCc1ccccc1. The molecule has 2 heteroatoms. The highest BCUT2D eigenvalue weighted by molar-refractivity contribution is 6.30. The van der Waals surface area contributed by atoms with Gasteiger partial charge < -0.3 is 4.74 Å². The van der Waals surface area contributed by atoms with Gasteiger partial charge in [0, 0.05) is 10.6 Å². The first kappa shape index (κ1) is 11.7. The number of ether oxygens (including phenoxy) is 1. The molecule has 0 fully saturated rings. The first-order valence-corrected chi connectivity index (χ1v) is 5.76. The van der Waals surface area contributed by atoms with Crippen LogP contribution in [-0.2, 0) is 6.61 Å². The maximum absolute atomic E-state index is 5.91. The van der Waals surface area contributed by atoms with Crippen molar-refractivity contribution in [3.63, 3.8) is 0 Å². The largest absolute Gasteiger partial charge is 0.488 e. The monoisotopic (exact) mass is 244 g/mol. The van der Waals surface area contributed by atoms with Crippen molar-refractivity contribution in [2.75, 3.05) is 0 Å². The minimum Gasteiger partial charge on any atom is -0.488 e. The Morgan fingerprint density at radius 3 is 2.59 bits per heavy atom. The van der Waals surface area contributed by atoms with E-state index in [1.54, 1.807) is 6.08 Å². The molecule has 0 radical (unpaired) electrons. The second kappa shape index (κ2) is 5.55. The van der Waals surface area contributed by atoms with Crippen LogP contribution >= 0.6 is 11.6 Å². The van der Waals surface area contributed by atoms with Crippen LogP contribution in [0.5, 0.6) is 5.75 Å². The molecule has 17 heavy (non-hydrogen) atoms. The van der Waals surface area contributed by atoms with Gasteiger partial charge in [0.1, 0.15) is 12.4 Å². The molecule has 0 aliphatic rings. The summed E-state index contributed by atoms with van der Waals surface area (Å²) in [6.07, 6.45) is 1.74. The number of rotatable bonds is 4. The highest BCUT2D eigenvalue weighted by Crippen LogP contribution is 2.24. The van der Waals surface area contributed by atoms with Crippen molar-refractivity contribution >= 4 is 17.7 Å². The van der Waals surface area contributed by atoms with Crippen LogP contribution in [0, 0.1) is 0 Å². The average Bonchev–Trinajstić information content (AvgIpc) is 2.38. The summed E-state index contributed by atoms with van der Waals surface area (Å²) < 4.78 is 5.74. The van der Waals surface area contributed by atoms with Gasteiger partial charge in [0.2, 0.25) is 0 Å². The van der Waals surface area contributed by atoms with Crippen molar-refractivity contribution in [2.45, 2.75) is 6.61 Å². The first-order valence-electron chi connectivity index (χ1n) is 5.38. The lowest BCUT2D eigenvalue weighted by Gasteiger charge is -2.09. The lowest BCUT2D eigenvalue weighted by Crippen LogP contribution is -1.96. The molecule has 2 aromatic rings. The molecule has 0 aliphatic heterocycles. The Labute approximate surface area is 106 Å². The first-order chi connectivity index (χ1) is 8.29. The molecule has 0 aliphatic carbocycles. The van der Waals surface area contributed by atoms with Crippen LogP contribution in [0.15, 0.2) is 55.1 Å². The van der Waals surface area contributed by atoms with Crippen LogP contribution in [0.25, 0.3) is 6.08 Å². The molecule has 2 aromatic carbocycles. The molecule has 0 spiro atoms. The van der Waals surface area contributed by atoms with Crippen LogP contribution in [0.1, 0.15) is 11.1 Å². The van der Waals surface area contributed by atoms with E-state index in [1.807, 2.05) is 48.5 Å². The fourth-order valence-corrected chi connectivity index (χ4v) is 1.73. The second-order valence-corrected chi connectivity index (χ2v) is 4.10. The van der Waals surface area contributed by atoms with E-state index in [4.69, 9.17) is 16.3 Å². The third kappa shape index (κ3) is 3.11. The van der Waals surface area contributed by atoms with Gasteiger partial charge in [-0.25, -0.2) is 0 Å². The van der Waals surface area contributed by atoms with Gasteiger partial charge in [0.05, 0.1) is 0 Å². The molecule has 0 amide bonds. The van der Waals surface area contributed by atoms with Gasteiger partial charge in [-0.3, -0.25) is 0 Å². The number of halogens is 1. The predicted molar refractivity (Wildman–Crippen MR) is 72.3 cm³/mol. The van der Waals surface area contributed by atoms with Crippen molar-refractivity contribution in [1.29, 1.82) is 0 Å². The molecule has 0 N–H and O–H groups in total. The molecule has 1 nitrogen and oxygen atoms in total. The highest BCUT2D eigenvalue weighted by Gasteiger charge is 2.01. The zero-order chi connectivity index (χ0) is 12.1. The molecule has 0 aromatic heterocycles. The van der Waals surface area contributed by atoms with Gasteiger partial charge in [-0.15, -0.1) is 0 Å². The van der Waals surface area contributed by atoms with Crippen LogP contribution in [0.4, 0.5) is 0 Å². The molecule has 86 valence electrons. The van der Waals surface area contributed by atoms with E-state index in [-0.39, 0.29) is 0 Å². The van der Waals surface area contributed by atoms with E-state index in [0.717, 1.165) is 16.9 Å². The summed E-state index contributed by atoms with van der Waals surface area (Å²) >= 11 is 5.91. The van der Waals surface area contributed by atoms with Gasteiger partial charge in [-0.05, 0) is 23.8 Å². The molecule has 0 bridgehead atoms. The Morgan fingerprint density at radius 2 is 1.88 bits per heavy atom. The van der Waals surface area contributed by atoms with E-state index in [1.165, 1.54) is 0 Å². The maximum atomic E-state index is 5.91. The van der Waals surface area contributed by atoms with Crippen molar-refractivity contribution in [3.8, 4) is 5.75 Å². The fourth-order valence-electron chi connectivity index (χ4n) is 1.55. The Bertz CT molecular complexity index is 506. The molecule has 0 unspecified atom stereocenters. The lowest BCUT2D eigenvalue weighted by atomic mass is 10.2. The average molecular weight is 245 g/mol. The number of hydrogen-bond acceptors (Lipinski definition) is 1. The predicted octanol–water partition coefficient (Wildman–Crippen LogP) is 4.56. The van der Waals surface area contributed by atoms with Crippen molar-refractivity contribution in [3.05, 3.63) is 71.3 Å². The van der Waals surface area contributed by atoms with Crippen molar-refractivity contribution in [2.24, 2.45) is 0 Å². The summed E-state index contributed by atoms with van der Waals surface area (Å²) in [7, 11) is 0. The van der Waals surface area contributed by atoms with Gasteiger partial charge >= 0.3 is 0 Å². The third-order valence-electron chi connectivity index (χ3n) is 2.43. The normalized spacial score (nSPS) is 9.94. The molecular weight excluding hydrogens is 232 g/mol. The van der Waals surface area contributed by atoms with Gasteiger partial charge in [0.15, 0.2) is 0 Å². The Kier molecular flexibility index (Phi) is 3.84. The Morgan fingerprint density at radius 1 is 1.12 bits per heavy atom. The summed E-state index contributed by atoms with van der Waals surface area (Å²) in [5.41, 5.74) is 2.05. The molecule has 0 saturated heterocycles. The van der Waals surface area contributed by atoms with Gasteiger partial charge in [0.25, 0.3) is 0 Å². The van der Waals surface area contributed by atoms with Crippen molar-refractivity contribution < 1.29 is 4.74 Å². The standard InChI is InChI=1S/C15H13ClO/c1-2-13-10-14(16)8-9-15(13)17-11-12-6-4-3-5-7-12/h2-10H,1,11H2. The Balaban J connectivity index is 2.11. The molecule has 0 heterocycles. The molecule has 2 rings (SSSR count). The van der Waals surface area contributed by atoms with Gasteiger partial charge in [-0.1, -0.05) is 54.6 Å². The molecule has 0 saturated carbocycles. The number of benzene rings is 2. The second-order valence-electron chi connectivity index (χ2n) is 3.66. The van der Waals surface area contributed by atoms with Crippen LogP contribution < -0.4 is 4.74 Å². The summed E-state index contributed by atoms with van der Waals surface area (Å²) in [6.45, 7) is 4.29. The van der Waals surface area contributed by atoms with Crippen LogP contribution in [0.3, 0.4) is 0 Å². The van der Waals surface area contributed by atoms with E-state index in [9.17, 15) is 0 Å². The summed E-state index contributed by atoms with van der Waals surface area (Å²) in [4.78, 5) is 0. The van der Waals surface area contributed by atoms with E-state index in [2.05, 4.69) is 6.58 Å². The van der Waals surface area contributed by atoms with E-state index < -0.39 is 0 Å². The maximum Gasteiger partial charge on any atom is 0.127 e. The Hall–Kier alpha value is -1.73. The minimum absolute atomic E-state index is 0.545. The molecule has 0 atom stereocenters. The van der Waals surface area contributed by atoms with Gasteiger partial charge in [-0.2, -0.15) is 0 Å². The summed E-state index contributed by atoms with van der Waals surface area (Å²) in [5, 5.41) is 0.687. The smallest absolute Gasteiger partial charge is 0.127 e. The lowest BCUT2D eigenvalue weighted by molar-refractivity contribution is 0.305. The van der Waals surface area contributed by atoms with E-state index >= 15 is 0 Å². The molecular formula is C15H13ClO.